The van der Waals surface area contributed by atoms with Crippen LogP contribution in [0.2, 0.25) is 0 Å². The van der Waals surface area contributed by atoms with Crippen LogP contribution in [-0.4, -0.2) is 41.1 Å². The molecular weight excluding hydrogens is 849 g/mol. The van der Waals surface area contributed by atoms with Crippen LogP contribution in [0.4, 0.5) is 11.6 Å². The molecule has 0 aliphatic carbocycles. The van der Waals surface area contributed by atoms with E-state index in [1.807, 2.05) is 98.0 Å². The SMILES string of the molecule is Cc1cc(N)nc(C)c1CCC(=O)c1ccc2c(c1)C1OC2c2cc(Cn3cccn3)ccc21.Cc1cc(N)nc(C)c1CCC(=O)c1ccc2c(c1)C1OC2c2ccc(Cn3cccn3)cc21. The van der Waals surface area contributed by atoms with Crippen LogP contribution in [0.25, 0.3) is 0 Å². The van der Waals surface area contributed by atoms with E-state index in [1.165, 1.54) is 44.5 Å². The van der Waals surface area contributed by atoms with Gasteiger partial charge in [-0.3, -0.25) is 19.0 Å². The second-order valence-electron chi connectivity index (χ2n) is 18.5. The first kappa shape index (κ1) is 43.1. The number of pyridine rings is 2. The minimum Gasteiger partial charge on any atom is -0.384 e. The van der Waals surface area contributed by atoms with Crippen LogP contribution in [0, 0.1) is 27.7 Å². The van der Waals surface area contributed by atoms with Crippen molar-refractivity contribution in [2.75, 3.05) is 11.5 Å². The topological polar surface area (TPSA) is 166 Å². The number of Topliss-reactive ketones (excluding diaryl/α,β-unsaturated/α-hetero) is 2. The molecule has 0 amide bonds. The summed E-state index contributed by atoms with van der Waals surface area (Å²) >= 11 is 0. The normalized spacial score (nSPS) is 17.6. The number of fused-ring (bicyclic) bond motifs is 16. The number of aromatic nitrogens is 6. The largest absolute Gasteiger partial charge is 0.384 e. The van der Waals surface area contributed by atoms with E-state index in [2.05, 4.69) is 68.7 Å². The lowest BCUT2D eigenvalue weighted by Crippen LogP contribution is -2.09. The number of carbonyl (C=O) groups is 2. The minimum absolute atomic E-state index is 0.0518. The van der Waals surface area contributed by atoms with Crippen molar-refractivity contribution in [2.24, 2.45) is 0 Å². The third-order valence-electron chi connectivity index (χ3n) is 14.1. The van der Waals surface area contributed by atoms with E-state index in [-0.39, 0.29) is 36.0 Å². The molecule has 0 radical (unpaired) electrons. The van der Waals surface area contributed by atoms with Crippen LogP contribution in [0.1, 0.15) is 147 Å². The number of aryl methyl sites for hydroxylation is 4. The first-order valence-corrected chi connectivity index (χ1v) is 23.3. The maximum atomic E-state index is 13.1. The fraction of sp³-hybridized carbons (Fsp3) is 0.250. The Labute approximate surface area is 395 Å². The van der Waals surface area contributed by atoms with Crippen LogP contribution in [-0.2, 0) is 35.4 Å². The summed E-state index contributed by atoms with van der Waals surface area (Å²) in [5.41, 5.74) is 31.1. The summed E-state index contributed by atoms with van der Waals surface area (Å²) in [4.78, 5) is 34.9. The standard InChI is InChI=1S/2C28H26N4O2/c1-16-12-26(29)31-17(2)20(16)8-9-25(33)19-5-7-22-24(14-19)28-21-6-4-18(13-23(21)27(22)34-28)15-32-11-3-10-30-32;1-16-12-26(29)31-17(2)20(16)8-9-25(33)19-5-7-22-24(14-19)28-23-13-18(15-32-11-3-10-30-32)4-6-21(23)27(22)34-28/h2*3-7,10-14,27-28H,8-9,15H2,1-2H3,(H2,29,31). The van der Waals surface area contributed by atoms with E-state index in [4.69, 9.17) is 20.9 Å². The Morgan fingerprint density at radius 2 is 0.897 bits per heavy atom. The van der Waals surface area contributed by atoms with Crippen LogP contribution in [0.5, 0.6) is 0 Å². The molecule has 0 saturated heterocycles. The van der Waals surface area contributed by atoms with E-state index in [0.29, 0.717) is 37.3 Å². The maximum absolute atomic E-state index is 13.1. The molecule has 4 N–H and O–H groups in total. The lowest BCUT2D eigenvalue weighted by Gasteiger charge is -2.18. The number of anilines is 2. The van der Waals surface area contributed by atoms with Crippen LogP contribution < -0.4 is 11.5 Å². The zero-order valence-corrected chi connectivity index (χ0v) is 38.6. The van der Waals surface area contributed by atoms with Gasteiger partial charge in [-0.25, -0.2) is 9.97 Å². The highest BCUT2D eigenvalue weighted by atomic mass is 16.5. The van der Waals surface area contributed by atoms with E-state index < -0.39 is 0 Å². The smallest absolute Gasteiger partial charge is 0.163 e. The summed E-state index contributed by atoms with van der Waals surface area (Å²) in [5, 5.41) is 8.62. The van der Waals surface area contributed by atoms with Gasteiger partial charge in [0.25, 0.3) is 0 Å². The van der Waals surface area contributed by atoms with Gasteiger partial charge in [-0.2, -0.15) is 10.2 Å². The van der Waals surface area contributed by atoms with Crippen molar-refractivity contribution in [1.82, 2.24) is 29.5 Å². The van der Waals surface area contributed by atoms with Crippen molar-refractivity contribution < 1.29 is 19.1 Å². The number of ketones is 2. The Morgan fingerprint density at radius 3 is 1.29 bits per heavy atom. The lowest BCUT2D eigenvalue weighted by molar-refractivity contribution is 0.0856. The van der Waals surface area contributed by atoms with Gasteiger partial charge in [-0.15, -0.1) is 0 Å². The predicted molar refractivity (Wildman–Crippen MR) is 260 cm³/mol. The lowest BCUT2D eigenvalue weighted by atomic mass is 9.84. The average molecular weight is 901 g/mol. The second kappa shape index (κ2) is 17.3. The molecule has 8 aromatic rings. The molecular formula is C56H52N8O4. The summed E-state index contributed by atoms with van der Waals surface area (Å²) in [6.45, 7) is 9.40. The molecule has 12 rings (SSSR count). The first-order valence-electron chi connectivity index (χ1n) is 23.3. The van der Waals surface area contributed by atoms with Gasteiger partial charge in [0.15, 0.2) is 11.6 Å². The molecule has 4 unspecified atom stereocenters. The predicted octanol–water partition coefficient (Wildman–Crippen LogP) is 9.73. The second-order valence-corrected chi connectivity index (χ2v) is 18.5. The number of hydrogen-bond acceptors (Lipinski definition) is 10. The number of benzene rings is 4. The van der Waals surface area contributed by atoms with Crippen LogP contribution in [0.15, 0.2) is 122 Å². The van der Waals surface area contributed by atoms with E-state index >= 15 is 0 Å². The number of hydrogen-bond donors (Lipinski definition) is 2. The van der Waals surface area contributed by atoms with Crippen LogP contribution in [0.3, 0.4) is 0 Å². The molecule has 68 heavy (non-hydrogen) atoms. The van der Waals surface area contributed by atoms with Gasteiger partial charge in [0.05, 0.1) is 13.1 Å². The number of nitrogens with zero attached hydrogens (tertiary/aromatic N) is 6. The molecule has 4 aliphatic heterocycles. The van der Waals surface area contributed by atoms with Gasteiger partial charge < -0.3 is 20.9 Å². The number of ether oxygens (including phenoxy) is 2. The van der Waals surface area contributed by atoms with Crippen molar-refractivity contribution in [3.63, 3.8) is 0 Å². The Bertz CT molecular complexity index is 3240. The minimum atomic E-state index is -0.119. The first-order chi connectivity index (χ1) is 32.9. The van der Waals surface area contributed by atoms with Gasteiger partial charge in [-0.05, 0) is 155 Å². The number of nitrogens with two attached hydrogens (primary N) is 2. The molecule has 0 fully saturated rings. The third-order valence-corrected chi connectivity index (χ3v) is 14.1. The van der Waals surface area contributed by atoms with E-state index in [0.717, 1.165) is 69.0 Å². The highest BCUT2D eigenvalue weighted by Gasteiger charge is 2.44. The highest BCUT2D eigenvalue weighted by molar-refractivity contribution is 5.97. The van der Waals surface area contributed by atoms with Gasteiger partial charge in [0, 0.05) is 60.1 Å². The molecule has 4 bridgehead atoms. The Hall–Kier alpha value is -7.54. The van der Waals surface area contributed by atoms with Gasteiger partial charge >= 0.3 is 0 Å². The monoisotopic (exact) mass is 900 g/mol. The molecule has 8 heterocycles. The van der Waals surface area contributed by atoms with Crippen molar-refractivity contribution in [2.45, 2.75) is 90.9 Å². The van der Waals surface area contributed by atoms with Crippen molar-refractivity contribution >= 4 is 23.2 Å². The van der Waals surface area contributed by atoms with Gasteiger partial charge in [0.2, 0.25) is 0 Å². The molecule has 0 saturated carbocycles. The molecule has 12 heteroatoms. The summed E-state index contributed by atoms with van der Waals surface area (Å²) < 4.78 is 16.6. The zero-order valence-electron chi connectivity index (χ0n) is 38.6. The number of rotatable bonds is 12. The van der Waals surface area contributed by atoms with E-state index in [1.54, 1.807) is 12.4 Å². The molecule has 340 valence electrons. The summed E-state index contributed by atoms with van der Waals surface area (Å²) in [5.74, 6) is 1.31. The fourth-order valence-corrected chi connectivity index (χ4v) is 10.8. The fourth-order valence-electron chi connectivity index (χ4n) is 10.8. The van der Waals surface area contributed by atoms with Crippen molar-refractivity contribution in [1.29, 1.82) is 0 Å². The molecule has 4 aromatic carbocycles. The van der Waals surface area contributed by atoms with Crippen molar-refractivity contribution in [3.8, 4) is 0 Å². The molecule has 4 atom stereocenters. The van der Waals surface area contributed by atoms with Gasteiger partial charge in [0.1, 0.15) is 36.1 Å². The zero-order chi connectivity index (χ0) is 46.8. The molecule has 12 nitrogen and oxygen atoms in total. The number of carbonyl (C=O) groups excluding carboxylic acids is 2. The van der Waals surface area contributed by atoms with Crippen LogP contribution >= 0.6 is 0 Å². The Kier molecular flexibility index (Phi) is 10.9. The Morgan fingerprint density at radius 1 is 0.515 bits per heavy atom. The Balaban J connectivity index is 0.000000149. The average Bonchev–Trinajstić information content (AvgIpc) is 4.20. The maximum Gasteiger partial charge on any atom is 0.163 e. The highest BCUT2D eigenvalue weighted by Crippen LogP contribution is 2.55. The summed E-state index contributed by atoms with van der Waals surface area (Å²) in [7, 11) is 0. The molecule has 4 aliphatic rings. The third kappa shape index (κ3) is 7.88. The quantitative estimate of drug-likeness (QED) is 0.113. The summed E-state index contributed by atoms with van der Waals surface area (Å²) in [6.07, 6.45) is 9.37. The number of nitrogen functional groups attached to an aromatic ring is 2. The molecule has 0 spiro atoms. The molecule has 4 aromatic heterocycles. The van der Waals surface area contributed by atoms with Gasteiger partial charge in [-0.1, -0.05) is 60.7 Å². The van der Waals surface area contributed by atoms with E-state index in [9.17, 15) is 9.59 Å². The van der Waals surface area contributed by atoms with Crippen molar-refractivity contribution in [3.05, 3.63) is 222 Å². The summed E-state index contributed by atoms with van der Waals surface area (Å²) in [6, 6.07) is 32.8.